The molecule has 6 heteroatoms. The number of aromatic nitrogens is 1. The summed E-state index contributed by atoms with van der Waals surface area (Å²) in [6.07, 6.45) is 0. The van der Waals surface area contributed by atoms with Crippen molar-refractivity contribution >= 4 is 17.3 Å². The first-order chi connectivity index (χ1) is 6.69. The van der Waals surface area contributed by atoms with Crippen LogP contribution in [0.4, 0.5) is 0 Å². The number of nitrogens with two attached hydrogens (primary N) is 1. The maximum Gasteiger partial charge on any atom is 0.357 e. The molecule has 3 N–H and O–H groups in total. The molecule has 0 radical (unpaired) electrons. The van der Waals surface area contributed by atoms with Crippen molar-refractivity contribution in [1.29, 1.82) is 0 Å². The number of aliphatic hydroxyl groups is 1. The van der Waals surface area contributed by atoms with Crippen LogP contribution in [0.1, 0.15) is 28.5 Å². The fourth-order valence-electron chi connectivity index (χ4n) is 0.835. The summed E-state index contributed by atoms with van der Waals surface area (Å²) in [4.78, 5) is 15.1. The minimum atomic E-state index is -0.525. The topological polar surface area (TPSA) is 85.4 Å². The first-order valence-corrected chi connectivity index (χ1v) is 5.06. The van der Waals surface area contributed by atoms with Crippen LogP contribution >= 0.6 is 11.3 Å². The van der Waals surface area contributed by atoms with Crippen LogP contribution in [0.15, 0.2) is 5.38 Å². The predicted octanol–water partition coefficient (Wildman–Crippen LogP) is 0.312. The van der Waals surface area contributed by atoms with Gasteiger partial charge in [-0.15, -0.1) is 11.3 Å². The maximum absolute atomic E-state index is 11.2. The Morgan fingerprint density at radius 1 is 1.86 bits per heavy atom. The van der Waals surface area contributed by atoms with Crippen molar-refractivity contribution < 1.29 is 14.6 Å². The Morgan fingerprint density at radius 2 is 2.57 bits per heavy atom. The summed E-state index contributed by atoms with van der Waals surface area (Å²) in [6, 6.07) is -0.525. The predicted molar refractivity (Wildman–Crippen MR) is 52.1 cm³/mol. The molecule has 0 aromatic carbocycles. The molecule has 0 saturated heterocycles. The molecule has 5 nitrogen and oxygen atoms in total. The van der Waals surface area contributed by atoms with Crippen molar-refractivity contribution in [3.05, 3.63) is 16.1 Å². The van der Waals surface area contributed by atoms with E-state index in [2.05, 4.69) is 4.98 Å². The smallest absolute Gasteiger partial charge is 0.357 e. The normalized spacial score (nSPS) is 12.5. The average molecular weight is 216 g/mol. The minimum Gasteiger partial charge on any atom is -0.461 e. The van der Waals surface area contributed by atoms with Gasteiger partial charge in [0.2, 0.25) is 0 Å². The molecular weight excluding hydrogens is 204 g/mol. The Balaban J connectivity index is 2.72. The Hall–Kier alpha value is -0.980. The van der Waals surface area contributed by atoms with E-state index in [1.165, 1.54) is 11.3 Å². The lowest BCUT2D eigenvalue weighted by molar-refractivity contribution is 0.0520. The standard InChI is InChI=1S/C8H12N2O3S/c1-2-13-8(12)6-4-14-7(10-6)5(9)3-11/h4-5,11H,2-3,9H2,1H3/t5-/m0/s1. The second-order valence-corrected chi connectivity index (χ2v) is 3.47. The Kier molecular flexibility index (Phi) is 3.99. The molecule has 0 aliphatic heterocycles. The van der Waals surface area contributed by atoms with Gasteiger partial charge < -0.3 is 15.6 Å². The maximum atomic E-state index is 11.2. The van der Waals surface area contributed by atoms with Crippen LogP contribution in [0.5, 0.6) is 0 Å². The molecule has 78 valence electrons. The lowest BCUT2D eigenvalue weighted by Crippen LogP contribution is -2.14. The summed E-state index contributed by atoms with van der Waals surface area (Å²) >= 11 is 1.24. The van der Waals surface area contributed by atoms with E-state index >= 15 is 0 Å². The molecule has 0 bridgehead atoms. The first-order valence-electron chi connectivity index (χ1n) is 4.18. The SMILES string of the molecule is CCOC(=O)c1csc([C@@H](N)CO)n1. The Morgan fingerprint density at radius 3 is 3.14 bits per heavy atom. The highest BCUT2D eigenvalue weighted by atomic mass is 32.1. The summed E-state index contributed by atoms with van der Waals surface area (Å²) in [5.41, 5.74) is 5.77. The summed E-state index contributed by atoms with van der Waals surface area (Å²) < 4.78 is 4.76. The molecule has 1 aromatic rings. The van der Waals surface area contributed by atoms with Crippen LogP contribution in [0.2, 0.25) is 0 Å². The van der Waals surface area contributed by atoms with Gasteiger partial charge in [-0.1, -0.05) is 0 Å². The van der Waals surface area contributed by atoms with E-state index in [4.69, 9.17) is 15.6 Å². The molecular formula is C8H12N2O3S. The highest BCUT2D eigenvalue weighted by Gasteiger charge is 2.14. The molecule has 0 aliphatic carbocycles. The third kappa shape index (κ3) is 2.50. The summed E-state index contributed by atoms with van der Waals surface area (Å²) in [6.45, 7) is 1.86. The van der Waals surface area contributed by atoms with Gasteiger partial charge in [-0.2, -0.15) is 0 Å². The fourth-order valence-corrected chi connectivity index (χ4v) is 1.62. The molecule has 1 atom stereocenters. The monoisotopic (exact) mass is 216 g/mol. The number of hydrogen-bond donors (Lipinski definition) is 2. The summed E-state index contributed by atoms with van der Waals surface area (Å²) in [5.74, 6) is -0.458. The van der Waals surface area contributed by atoms with Gasteiger partial charge in [0.25, 0.3) is 0 Å². The van der Waals surface area contributed by atoms with Crippen LogP contribution < -0.4 is 5.73 Å². The van der Waals surface area contributed by atoms with Crippen LogP contribution in [0.3, 0.4) is 0 Å². The van der Waals surface area contributed by atoms with Crippen LogP contribution in [0, 0.1) is 0 Å². The average Bonchev–Trinajstić information content (AvgIpc) is 2.66. The number of carbonyl (C=O) groups is 1. The number of carbonyl (C=O) groups excluding carboxylic acids is 1. The van der Waals surface area contributed by atoms with E-state index in [0.29, 0.717) is 11.6 Å². The van der Waals surface area contributed by atoms with Crippen molar-refractivity contribution in [2.24, 2.45) is 5.73 Å². The van der Waals surface area contributed by atoms with Gasteiger partial charge in [-0.3, -0.25) is 0 Å². The lowest BCUT2D eigenvalue weighted by Gasteiger charge is -2.01. The van der Waals surface area contributed by atoms with Crippen LogP contribution in [-0.2, 0) is 4.74 Å². The van der Waals surface area contributed by atoms with Crippen molar-refractivity contribution in [3.63, 3.8) is 0 Å². The molecule has 0 aliphatic rings. The van der Waals surface area contributed by atoms with E-state index < -0.39 is 12.0 Å². The number of nitrogens with zero attached hydrogens (tertiary/aromatic N) is 1. The zero-order valence-electron chi connectivity index (χ0n) is 7.77. The lowest BCUT2D eigenvalue weighted by atomic mass is 10.3. The molecule has 0 spiro atoms. The van der Waals surface area contributed by atoms with Gasteiger partial charge in [-0.25, -0.2) is 9.78 Å². The largest absolute Gasteiger partial charge is 0.461 e. The number of esters is 1. The zero-order chi connectivity index (χ0) is 10.6. The molecule has 14 heavy (non-hydrogen) atoms. The van der Waals surface area contributed by atoms with E-state index in [1.807, 2.05) is 0 Å². The van der Waals surface area contributed by atoms with Crippen molar-refractivity contribution in [1.82, 2.24) is 4.98 Å². The molecule has 0 fully saturated rings. The number of aliphatic hydroxyl groups excluding tert-OH is 1. The van der Waals surface area contributed by atoms with Gasteiger partial charge in [0.1, 0.15) is 5.01 Å². The molecule has 0 saturated carbocycles. The van der Waals surface area contributed by atoms with Crippen LogP contribution in [-0.4, -0.2) is 29.3 Å². The third-order valence-electron chi connectivity index (χ3n) is 1.52. The van der Waals surface area contributed by atoms with Gasteiger partial charge in [-0.05, 0) is 6.92 Å². The van der Waals surface area contributed by atoms with E-state index in [-0.39, 0.29) is 12.3 Å². The first kappa shape index (κ1) is 11.1. The molecule has 1 rings (SSSR count). The van der Waals surface area contributed by atoms with E-state index in [0.717, 1.165) is 0 Å². The number of rotatable bonds is 4. The number of ether oxygens (including phenoxy) is 1. The number of thiazole rings is 1. The van der Waals surface area contributed by atoms with Crippen molar-refractivity contribution in [2.45, 2.75) is 13.0 Å². The second kappa shape index (κ2) is 5.04. The van der Waals surface area contributed by atoms with Crippen molar-refractivity contribution in [2.75, 3.05) is 13.2 Å². The Labute approximate surface area is 85.5 Å². The molecule has 0 amide bonds. The number of hydrogen-bond acceptors (Lipinski definition) is 6. The fraction of sp³-hybridized carbons (Fsp3) is 0.500. The van der Waals surface area contributed by atoms with Gasteiger partial charge >= 0.3 is 5.97 Å². The molecule has 1 heterocycles. The van der Waals surface area contributed by atoms with Gasteiger partial charge in [0, 0.05) is 5.38 Å². The minimum absolute atomic E-state index is 0.185. The van der Waals surface area contributed by atoms with Crippen molar-refractivity contribution in [3.8, 4) is 0 Å². The van der Waals surface area contributed by atoms with E-state index in [1.54, 1.807) is 12.3 Å². The highest BCUT2D eigenvalue weighted by molar-refractivity contribution is 7.09. The van der Waals surface area contributed by atoms with Gasteiger partial charge in [0.15, 0.2) is 5.69 Å². The van der Waals surface area contributed by atoms with Crippen LogP contribution in [0.25, 0.3) is 0 Å². The second-order valence-electron chi connectivity index (χ2n) is 2.58. The quantitative estimate of drug-likeness (QED) is 0.707. The highest BCUT2D eigenvalue weighted by Crippen LogP contribution is 2.16. The Bertz CT molecular complexity index is 313. The third-order valence-corrected chi connectivity index (χ3v) is 2.50. The summed E-state index contributed by atoms with van der Waals surface area (Å²) in [7, 11) is 0. The molecule has 0 unspecified atom stereocenters. The zero-order valence-corrected chi connectivity index (χ0v) is 8.58. The molecule has 1 aromatic heterocycles. The summed E-state index contributed by atoms with van der Waals surface area (Å²) in [5, 5.41) is 10.9. The van der Waals surface area contributed by atoms with E-state index in [9.17, 15) is 4.79 Å². The van der Waals surface area contributed by atoms with Gasteiger partial charge in [0.05, 0.1) is 19.3 Å².